The van der Waals surface area contributed by atoms with Crippen LogP contribution in [0.2, 0.25) is 0 Å². The Morgan fingerprint density at radius 2 is 1.94 bits per heavy atom. The van der Waals surface area contributed by atoms with Crippen LogP contribution in [-0.4, -0.2) is 36.0 Å². The molecule has 6 nitrogen and oxygen atoms in total. The number of esters is 1. The lowest BCUT2D eigenvalue weighted by Crippen LogP contribution is -2.41. The van der Waals surface area contributed by atoms with E-state index in [4.69, 9.17) is 10.1 Å². The molecule has 1 amide bonds. The van der Waals surface area contributed by atoms with Crippen LogP contribution >= 0.6 is 0 Å². The van der Waals surface area contributed by atoms with Crippen LogP contribution < -0.4 is 5.32 Å². The van der Waals surface area contributed by atoms with E-state index in [1.54, 1.807) is 13.8 Å². The minimum atomic E-state index is -0.834. The molecular weight excluding hydrogens is 224 g/mol. The third kappa shape index (κ3) is 7.21. The topological polar surface area (TPSA) is 96.3 Å². The lowest BCUT2D eigenvalue weighted by atomic mass is 10.1. The van der Waals surface area contributed by atoms with E-state index in [9.17, 15) is 14.4 Å². The maximum atomic E-state index is 11.6. The van der Waals surface area contributed by atoms with Gasteiger partial charge in [-0.2, -0.15) is 0 Å². The molecule has 17 heavy (non-hydrogen) atoms. The van der Waals surface area contributed by atoms with Gasteiger partial charge in [0.15, 0.2) is 5.78 Å². The zero-order chi connectivity index (χ0) is 13.4. The van der Waals surface area contributed by atoms with Crippen LogP contribution in [0.15, 0.2) is 0 Å². The number of hydrogen-bond acceptors (Lipinski definition) is 5. The van der Waals surface area contributed by atoms with Crippen LogP contribution in [0.1, 0.15) is 33.6 Å². The fourth-order valence-electron chi connectivity index (χ4n) is 1.17. The van der Waals surface area contributed by atoms with Crippen LogP contribution in [-0.2, 0) is 19.1 Å². The van der Waals surface area contributed by atoms with Gasteiger partial charge >= 0.3 is 5.97 Å². The first-order chi connectivity index (χ1) is 7.86. The third-order valence-corrected chi connectivity index (χ3v) is 1.85. The molecule has 0 fully saturated rings. The highest BCUT2D eigenvalue weighted by Crippen LogP contribution is 2.03. The molecule has 0 rings (SSSR count). The number of carbonyl (C=O) groups is 3. The van der Waals surface area contributed by atoms with Gasteiger partial charge < -0.3 is 15.5 Å². The SMILES string of the molecule is CC(=O)NC(CCC(=O)C=N)C(=O)OC(C)C. The number of rotatable bonds is 7. The monoisotopic (exact) mass is 242 g/mol. The molecule has 0 aromatic heterocycles. The van der Waals surface area contributed by atoms with Crippen LogP contribution in [0.4, 0.5) is 0 Å². The molecular formula is C11H18N2O4. The molecule has 0 aliphatic carbocycles. The summed E-state index contributed by atoms with van der Waals surface area (Å²) in [6.07, 6.45) is 0.580. The molecule has 1 atom stereocenters. The average molecular weight is 242 g/mol. The maximum Gasteiger partial charge on any atom is 0.328 e. The number of ketones is 1. The molecule has 0 aliphatic rings. The zero-order valence-electron chi connectivity index (χ0n) is 10.3. The summed E-state index contributed by atoms with van der Waals surface area (Å²) in [6, 6.07) is -0.834. The Kier molecular flexibility index (Phi) is 6.77. The quantitative estimate of drug-likeness (QED) is 0.500. The van der Waals surface area contributed by atoms with Crippen molar-refractivity contribution in [2.75, 3.05) is 0 Å². The number of Topliss-reactive ketones (excluding diaryl/α,β-unsaturated/α-hetero) is 1. The molecule has 0 spiro atoms. The van der Waals surface area contributed by atoms with E-state index < -0.39 is 17.8 Å². The summed E-state index contributed by atoms with van der Waals surface area (Å²) >= 11 is 0. The molecule has 0 aliphatic heterocycles. The van der Waals surface area contributed by atoms with E-state index in [1.807, 2.05) is 0 Å². The van der Waals surface area contributed by atoms with E-state index in [1.165, 1.54) is 6.92 Å². The normalized spacial score (nSPS) is 11.8. The van der Waals surface area contributed by atoms with Gasteiger partial charge in [0.1, 0.15) is 6.04 Å². The number of hydrogen-bond donors (Lipinski definition) is 2. The summed E-state index contributed by atoms with van der Waals surface area (Å²) in [5.74, 6) is -1.32. The highest BCUT2D eigenvalue weighted by Gasteiger charge is 2.22. The Morgan fingerprint density at radius 3 is 2.35 bits per heavy atom. The Bertz CT molecular complexity index is 313. The van der Waals surface area contributed by atoms with Crippen molar-refractivity contribution >= 4 is 23.9 Å². The van der Waals surface area contributed by atoms with Crippen molar-refractivity contribution in [1.29, 1.82) is 5.41 Å². The molecule has 0 saturated carbocycles. The maximum absolute atomic E-state index is 11.6. The van der Waals surface area contributed by atoms with Crippen molar-refractivity contribution in [3.05, 3.63) is 0 Å². The number of carbonyl (C=O) groups excluding carboxylic acids is 3. The van der Waals surface area contributed by atoms with Gasteiger partial charge in [-0.3, -0.25) is 9.59 Å². The van der Waals surface area contributed by atoms with Crippen molar-refractivity contribution in [1.82, 2.24) is 5.32 Å². The molecule has 2 N–H and O–H groups in total. The highest BCUT2D eigenvalue weighted by atomic mass is 16.5. The largest absolute Gasteiger partial charge is 0.461 e. The van der Waals surface area contributed by atoms with E-state index >= 15 is 0 Å². The van der Waals surface area contributed by atoms with Gasteiger partial charge in [-0.05, 0) is 20.3 Å². The summed E-state index contributed by atoms with van der Waals surface area (Å²) in [7, 11) is 0. The van der Waals surface area contributed by atoms with E-state index in [2.05, 4.69) is 5.32 Å². The smallest absolute Gasteiger partial charge is 0.328 e. The first kappa shape index (κ1) is 15.3. The first-order valence-corrected chi connectivity index (χ1v) is 5.37. The van der Waals surface area contributed by atoms with Gasteiger partial charge in [-0.1, -0.05) is 0 Å². The molecule has 6 heteroatoms. The predicted molar refractivity (Wildman–Crippen MR) is 61.9 cm³/mol. The Morgan fingerprint density at radius 1 is 1.35 bits per heavy atom. The molecule has 0 aromatic carbocycles. The second kappa shape index (κ2) is 7.54. The minimum Gasteiger partial charge on any atom is -0.461 e. The van der Waals surface area contributed by atoms with Crippen LogP contribution in [0.5, 0.6) is 0 Å². The summed E-state index contributed by atoms with van der Waals surface area (Å²) in [5.41, 5.74) is 0. The molecule has 0 bridgehead atoms. The first-order valence-electron chi connectivity index (χ1n) is 5.37. The van der Waals surface area contributed by atoms with Crippen molar-refractivity contribution in [2.45, 2.75) is 45.8 Å². The van der Waals surface area contributed by atoms with Gasteiger partial charge in [0.05, 0.1) is 12.3 Å². The molecule has 0 saturated heterocycles. The molecule has 1 unspecified atom stereocenters. The summed E-state index contributed by atoms with van der Waals surface area (Å²) in [4.78, 5) is 33.4. The second-order valence-electron chi connectivity index (χ2n) is 3.89. The van der Waals surface area contributed by atoms with Crippen LogP contribution in [0, 0.1) is 5.41 Å². The van der Waals surface area contributed by atoms with E-state index in [-0.39, 0.29) is 24.9 Å². The minimum absolute atomic E-state index is 0.0294. The highest BCUT2D eigenvalue weighted by molar-refractivity contribution is 6.26. The van der Waals surface area contributed by atoms with Gasteiger partial charge in [0.25, 0.3) is 0 Å². The van der Waals surface area contributed by atoms with Crippen molar-refractivity contribution in [3.63, 3.8) is 0 Å². The van der Waals surface area contributed by atoms with Gasteiger partial charge in [0.2, 0.25) is 5.91 Å². The van der Waals surface area contributed by atoms with Crippen molar-refractivity contribution in [2.24, 2.45) is 0 Å². The number of ether oxygens (including phenoxy) is 1. The predicted octanol–water partition coefficient (Wildman–Crippen LogP) is 0.442. The van der Waals surface area contributed by atoms with Gasteiger partial charge in [-0.25, -0.2) is 4.79 Å². The average Bonchev–Trinajstić information content (AvgIpc) is 2.21. The van der Waals surface area contributed by atoms with Crippen molar-refractivity contribution < 1.29 is 19.1 Å². The van der Waals surface area contributed by atoms with E-state index in [0.29, 0.717) is 6.21 Å². The second-order valence-corrected chi connectivity index (χ2v) is 3.89. The Labute approximate surface area is 100 Å². The summed E-state index contributed by atoms with van der Waals surface area (Å²) in [6.45, 7) is 4.69. The summed E-state index contributed by atoms with van der Waals surface area (Å²) in [5, 5.41) is 9.16. The van der Waals surface area contributed by atoms with Crippen molar-refractivity contribution in [3.8, 4) is 0 Å². The standard InChI is InChI=1S/C11H18N2O4/c1-7(2)17-11(16)10(13-8(3)14)5-4-9(15)6-12/h6-7,10,12H,4-5H2,1-3H3,(H,13,14). The molecule has 0 aromatic rings. The van der Waals surface area contributed by atoms with Crippen LogP contribution in [0.25, 0.3) is 0 Å². The molecule has 0 heterocycles. The Balaban J connectivity index is 4.41. The molecule has 96 valence electrons. The van der Waals surface area contributed by atoms with Crippen LogP contribution in [0.3, 0.4) is 0 Å². The zero-order valence-corrected chi connectivity index (χ0v) is 10.3. The summed E-state index contributed by atoms with van der Waals surface area (Å²) < 4.78 is 4.96. The van der Waals surface area contributed by atoms with Gasteiger partial charge in [0, 0.05) is 13.3 Å². The fraction of sp³-hybridized carbons (Fsp3) is 0.636. The lowest BCUT2D eigenvalue weighted by molar-refractivity contribution is -0.151. The lowest BCUT2D eigenvalue weighted by Gasteiger charge is -2.17. The van der Waals surface area contributed by atoms with Gasteiger partial charge in [-0.15, -0.1) is 0 Å². The Hall–Kier alpha value is -1.72. The van der Waals surface area contributed by atoms with E-state index in [0.717, 1.165) is 0 Å². The third-order valence-electron chi connectivity index (χ3n) is 1.85. The molecule has 0 radical (unpaired) electrons. The number of amides is 1. The number of nitrogens with one attached hydrogen (secondary N) is 2. The fourth-order valence-corrected chi connectivity index (χ4v) is 1.17.